The molecule has 1 unspecified atom stereocenters. The van der Waals surface area contributed by atoms with Gasteiger partial charge in [-0.25, -0.2) is 4.98 Å². The number of nitrogens with zero attached hydrogens (tertiary/aromatic N) is 3. The average Bonchev–Trinajstić information content (AvgIpc) is 2.69. The van der Waals surface area contributed by atoms with E-state index < -0.39 is 0 Å². The Morgan fingerprint density at radius 2 is 2.29 bits per heavy atom. The van der Waals surface area contributed by atoms with Crippen LogP contribution < -0.4 is 11.3 Å². The number of hydrogen-bond donors (Lipinski definition) is 2. The molecule has 0 radical (unpaired) electrons. The van der Waals surface area contributed by atoms with Crippen LogP contribution in [0.4, 0.5) is 0 Å². The van der Waals surface area contributed by atoms with Crippen molar-refractivity contribution in [3.8, 4) is 0 Å². The maximum Gasteiger partial charge on any atom is 0.274 e. The predicted octanol–water partition coefficient (Wildman–Crippen LogP) is 0.253. The van der Waals surface area contributed by atoms with Gasteiger partial charge >= 0.3 is 0 Å². The van der Waals surface area contributed by atoms with Crippen LogP contribution >= 0.6 is 0 Å². The highest BCUT2D eigenvalue weighted by Gasteiger charge is 2.07. The summed E-state index contributed by atoms with van der Waals surface area (Å²) in [7, 11) is 0. The van der Waals surface area contributed by atoms with Crippen molar-refractivity contribution in [1.29, 1.82) is 0 Å². The van der Waals surface area contributed by atoms with Crippen LogP contribution in [-0.4, -0.2) is 26.1 Å². The third kappa shape index (κ3) is 2.52. The average molecular weight is 235 g/mol. The summed E-state index contributed by atoms with van der Waals surface area (Å²) in [5.74, 6) is 1.67. The van der Waals surface area contributed by atoms with Gasteiger partial charge < -0.3 is 5.73 Å². The summed E-state index contributed by atoms with van der Waals surface area (Å²) >= 11 is 0. The van der Waals surface area contributed by atoms with Gasteiger partial charge in [-0.3, -0.25) is 9.89 Å². The van der Waals surface area contributed by atoms with Gasteiger partial charge in [0.15, 0.2) is 0 Å². The molecule has 0 aromatic carbocycles. The first-order valence-electron chi connectivity index (χ1n) is 5.75. The molecule has 0 aliphatic rings. The van der Waals surface area contributed by atoms with Crippen molar-refractivity contribution in [1.82, 2.24) is 19.6 Å². The van der Waals surface area contributed by atoms with Crippen LogP contribution in [0.2, 0.25) is 0 Å². The quantitative estimate of drug-likeness (QED) is 0.795. The molecule has 0 aliphatic carbocycles. The van der Waals surface area contributed by atoms with Gasteiger partial charge in [0.2, 0.25) is 0 Å². The minimum Gasteiger partial charge on any atom is -0.330 e. The fraction of sp³-hybridized carbons (Fsp3) is 0.545. The molecule has 17 heavy (non-hydrogen) atoms. The van der Waals surface area contributed by atoms with E-state index in [0.717, 1.165) is 18.7 Å². The molecule has 1 atom stereocenters. The molecule has 0 saturated carbocycles. The summed E-state index contributed by atoms with van der Waals surface area (Å²) in [4.78, 5) is 20.1. The van der Waals surface area contributed by atoms with Crippen molar-refractivity contribution in [3.05, 3.63) is 27.9 Å². The summed E-state index contributed by atoms with van der Waals surface area (Å²) in [5.41, 5.74) is 6.11. The van der Waals surface area contributed by atoms with Gasteiger partial charge in [-0.05, 0) is 25.8 Å². The molecule has 0 amide bonds. The maximum atomic E-state index is 11.6. The monoisotopic (exact) mass is 235 g/mol. The van der Waals surface area contributed by atoms with Crippen molar-refractivity contribution in [2.24, 2.45) is 11.7 Å². The summed E-state index contributed by atoms with van der Waals surface area (Å²) in [6.45, 7) is 4.54. The lowest BCUT2D eigenvalue weighted by atomic mass is 10.1. The minimum atomic E-state index is -0.127. The fourth-order valence-corrected chi connectivity index (χ4v) is 1.65. The topological polar surface area (TPSA) is 89.1 Å². The zero-order chi connectivity index (χ0) is 12.4. The highest BCUT2D eigenvalue weighted by Crippen LogP contribution is 2.05. The van der Waals surface area contributed by atoms with Crippen molar-refractivity contribution >= 4 is 5.78 Å². The molecule has 0 aliphatic heterocycles. The van der Waals surface area contributed by atoms with E-state index in [1.54, 1.807) is 6.92 Å². The number of fused-ring (bicyclic) bond motifs is 1. The van der Waals surface area contributed by atoms with Crippen LogP contribution in [0.1, 0.15) is 24.9 Å². The molecule has 6 nitrogen and oxygen atoms in total. The van der Waals surface area contributed by atoms with E-state index in [-0.39, 0.29) is 5.56 Å². The Bertz CT molecular complexity index is 571. The van der Waals surface area contributed by atoms with E-state index in [1.807, 2.05) is 0 Å². The first-order chi connectivity index (χ1) is 8.10. The third-order valence-electron chi connectivity index (χ3n) is 2.78. The largest absolute Gasteiger partial charge is 0.330 e. The Morgan fingerprint density at radius 1 is 1.53 bits per heavy atom. The van der Waals surface area contributed by atoms with E-state index >= 15 is 0 Å². The van der Waals surface area contributed by atoms with Gasteiger partial charge in [0.05, 0.1) is 0 Å². The SMILES string of the molecule is Cc1cc(=O)n2[nH]c(CCC(C)CN)nc2n1. The molecular weight excluding hydrogens is 218 g/mol. The van der Waals surface area contributed by atoms with E-state index in [0.29, 0.717) is 23.9 Å². The van der Waals surface area contributed by atoms with Crippen molar-refractivity contribution in [3.63, 3.8) is 0 Å². The van der Waals surface area contributed by atoms with Gasteiger partial charge in [0, 0.05) is 18.2 Å². The molecule has 3 N–H and O–H groups in total. The van der Waals surface area contributed by atoms with Crippen LogP contribution in [0.5, 0.6) is 0 Å². The lowest BCUT2D eigenvalue weighted by molar-refractivity contribution is 0.536. The summed E-state index contributed by atoms with van der Waals surface area (Å²) in [6.07, 6.45) is 1.73. The molecular formula is C11H17N5O. The second-order valence-electron chi connectivity index (χ2n) is 4.42. The van der Waals surface area contributed by atoms with Crippen LogP contribution in [0.3, 0.4) is 0 Å². The summed E-state index contributed by atoms with van der Waals surface area (Å²) in [5, 5.41) is 2.96. The number of aryl methyl sites for hydroxylation is 2. The Morgan fingerprint density at radius 3 is 3.00 bits per heavy atom. The first-order valence-corrected chi connectivity index (χ1v) is 5.75. The molecule has 2 heterocycles. The first kappa shape index (κ1) is 11.8. The zero-order valence-corrected chi connectivity index (χ0v) is 10.1. The normalized spacial score (nSPS) is 13.1. The van der Waals surface area contributed by atoms with Gasteiger partial charge in [0.25, 0.3) is 11.3 Å². The molecule has 92 valence electrons. The molecule has 0 spiro atoms. The van der Waals surface area contributed by atoms with Crippen molar-refractivity contribution < 1.29 is 0 Å². The Hall–Kier alpha value is -1.69. The molecule has 0 bridgehead atoms. The molecule has 6 heteroatoms. The van der Waals surface area contributed by atoms with E-state index in [2.05, 4.69) is 22.0 Å². The van der Waals surface area contributed by atoms with Crippen molar-refractivity contribution in [2.45, 2.75) is 26.7 Å². The number of rotatable bonds is 4. The molecule has 0 fully saturated rings. The maximum absolute atomic E-state index is 11.6. The smallest absolute Gasteiger partial charge is 0.274 e. The van der Waals surface area contributed by atoms with Crippen LogP contribution in [-0.2, 0) is 6.42 Å². The molecule has 2 aromatic heterocycles. The molecule has 2 aromatic rings. The predicted molar refractivity (Wildman–Crippen MR) is 64.9 cm³/mol. The standard InChI is InChI=1S/C11H17N5O/c1-7(6-12)3-4-9-14-11-13-8(2)5-10(17)16(11)15-9/h5,7H,3-4,6,12H2,1-2H3,(H,13,14,15). The Balaban J connectivity index is 2.26. The van der Waals surface area contributed by atoms with Gasteiger partial charge in [0.1, 0.15) is 5.82 Å². The van der Waals surface area contributed by atoms with Crippen molar-refractivity contribution in [2.75, 3.05) is 6.54 Å². The number of H-pyrrole nitrogens is 1. The lowest BCUT2D eigenvalue weighted by Crippen LogP contribution is -2.15. The van der Waals surface area contributed by atoms with Gasteiger partial charge in [-0.1, -0.05) is 6.92 Å². The minimum absolute atomic E-state index is 0.127. The van der Waals surface area contributed by atoms with Gasteiger partial charge in [-0.2, -0.15) is 9.50 Å². The number of aromatic amines is 1. The van der Waals surface area contributed by atoms with Crippen LogP contribution in [0, 0.1) is 12.8 Å². The van der Waals surface area contributed by atoms with Crippen LogP contribution in [0.15, 0.2) is 10.9 Å². The second kappa shape index (κ2) is 4.67. The van der Waals surface area contributed by atoms with Crippen LogP contribution in [0.25, 0.3) is 5.78 Å². The van der Waals surface area contributed by atoms with E-state index in [4.69, 9.17) is 5.73 Å². The Kier molecular flexibility index (Phi) is 3.23. The lowest BCUT2D eigenvalue weighted by Gasteiger charge is -2.04. The third-order valence-corrected chi connectivity index (χ3v) is 2.78. The highest BCUT2D eigenvalue weighted by atomic mass is 16.1. The molecule has 0 saturated heterocycles. The Labute approximate surface area is 98.9 Å². The van der Waals surface area contributed by atoms with E-state index in [9.17, 15) is 4.79 Å². The number of nitrogens with two attached hydrogens (primary N) is 1. The van der Waals surface area contributed by atoms with E-state index in [1.165, 1.54) is 10.6 Å². The second-order valence-corrected chi connectivity index (χ2v) is 4.42. The van der Waals surface area contributed by atoms with Gasteiger partial charge in [-0.15, -0.1) is 0 Å². The fourth-order valence-electron chi connectivity index (χ4n) is 1.65. The number of hydrogen-bond acceptors (Lipinski definition) is 4. The number of nitrogens with one attached hydrogen (secondary N) is 1. The summed E-state index contributed by atoms with van der Waals surface area (Å²) in [6, 6.07) is 1.48. The summed E-state index contributed by atoms with van der Waals surface area (Å²) < 4.78 is 1.37. The number of aromatic nitrogens is 4. The zero-order valence-electron chi connectivity index (χ0n) is 10.1. The highest BCUT2D eigenvalue weighted by molar-refractivity contribution is 5.27. The molecule has 2 rings (SSSR count).